The van der Waals surface area contributed by atoms with Crippen molar-refractivity contribution in [3.05, 3.63) is 59.7 Å². The molecule has 0 aliphatic heterocycles. The molecule has 2 N–H and O–H groups in total. The predicted molar refractivity (Wildman–Crippen MR) is 102 cm³/mol. The van der Waals surface area contributed by atoms with Crippen LogP contribution < -0.4 is 10.6 Å². The van der Waals surface area contributed by atoms with Crippen LogP contribution in [0.4, 0.5) is 11.4 Å². The lowest BCUT2D eigenvalue weighted by atomic mass is 10.0. The molecule has 0 radical (unpaired) electrons. The third kappa shape index (κ3) is 5.73. The normalized spacial score (nSPS) is 10.9. The molecule has 0 unspecified atom stereocenters. The standard InChI is InChI=1S/C21H28N2O/c1-15(2)12-21(24)23-20-7-5-6-19(13-20)22-14-17-8-10-18(11-9-17)16(3)4/h5-11,13,15-16,22H,12,14H2,1-4H3,(H,23,24). The van der Waals surface area contributed by atoms with E-state index in [1.165, 1.54) is 11.1 Å². The first-order valence-electron chi connectivity index (χ1n) is 8.66. The highest BCUT2D eigenvalue weighted by atomic mass is 16.1. The molecule has 128 valence electrons. The van der Waals surface area contributed by atoms with Gasteiger partial charge in [-0.2, -0.15) is 0 Å². The summed E-state index contributed by atoms with van der Waals surface area (Å²) in [7, 11) is 0. The van der Waals surface area contributed by atoms with Crippen LogP contribution in [0.1, 0.15) is 51.2 Å². The van der Waals surface area contributed by atoms with Crippen molar-refractivity contribution in [3.8, 4) is 0 Å². The fourth-order valence-electron chi connectivity index (χ4n) is 2.51. The summed E-state index contributed by atoms with van der Waals surface area (Å²) < 4.78 is 0. The van der Waals surface area contributed by atoms with Crippen LogP contribution in [0.3, 0.4) is 0 Å². The molecular formula is C21H28N2O. The summed E-state index contributed by atoms with van der Waals surface area (Å²) in [6.07, 6.45) is 0.542. The van der Waals surface area contributed by atoms with E-state index in [-0.39, 0.29) is 5.91 Å². The summed E-state index contributed by atoms with van der Waals surface area (Å²) >= 11 is 0. The summed E-state index contributed by atoms with van der Waals surface area (Å²) in [6, 6.07) is 16.6. The van der Waals surface area contributed by atoms with Crippen molar-refractivity contribution in [1.82, 2.24) is 0 Å². The van der Waals surface area contributed by atoms with Crippen molar-refractivity contribution in [1.29, 1.82) is 0 Å². The van der Waals surface area contributed by atoms with Crippen LogP contribution in [0.2, 0.25) is 0 Å². The Morgan fingerprint density at radius 2 is 1.62 bits per heavy atom. The molecule has 0 aliphatic rings. The van der Waals surface area contributed by atoms with Crippen LogP contribution in [0.15, 0.2) is 48.5 Å². The van der Waals surface area contributed by atoms with Crippen LogP contribution in [-0.4, -0.2) is 5.91 Å². The van der Waals surface area contributed by atoms with Crippen molar-refractivity contribution >= 4 is 17.3 Å². The first-order valence-corrected chi connectivity index (χ1v) is 8.66. The minimum absolute atomic E-state index is 0.0615. The molecule has 2 rings (SSSR count). The van der Waals surface area contributed by atoms with Gasteiger partial charge in [0.25, 0.3) is 0 Å². The molecule has 0 saturated heterocycles. The molecule has 0 fully saturated rings. The first kappa shape index (κ1) is 18.1. The highest BCUT2D eigenvalue weighted by molar-refractivity contribution is 5.91. The van der Waals surface area contributed by atoms with Gasteiger partial charge in [0.05, 0.1) is 0 Å². The van der Waals surface area contributed by atoms with Gasteiger partial charge < -0.3 is 10.6 Å². The molecule has 0 atom stereocenters. The van der Waals surface area contributed by atoms with Crippen molar-refractivity contribution in [2.45, 2.75) is 46.6 Å². The molecule has 0 spiro atoms. The van der Waals surface area contributed by atoms with E-state index in [1.54, 1.807) is 0 Å². The van der Waals surface area contributed by atoms with Crippen molar-refractivity contribution in [2.24, 2.45) is 5.92 Å². The van der Waals surface area contributed by atoms with Crippen LogP contribution in [0.5, 0.6) is 0 Å². The van der Waals surface area contributed by atoms with Crippen LogP contribution in [0, 0.1) is 5.92 Å². The second kappa shape index (κ2) is 8.53. The number of carbonyl (C=O) groups is 1. The maximum atomic E-state index is 11.9. The van der Waals surface area contributed by atoms with E-state index in [2.05, 4.69) is 48.7 Å². The van der Waals surface area contributed by atoms with Gasteiger partial charge in [0, 0.05) is 24.3 Å². The zero-order chi connectivity index (χ0) is 17.5. The van der Waals surface area contributed by atoms with Gasteiger partial charge in [-0.15, -0.1) is 0 Å². The molecule has 0 aromatic heterocycles. The molecule has 2 aromatic rings. The molecular weight excluding hydrogens is 296 g/mol. The minimum atomic E-state index is 0.0615. The molecule has 0 aliphatic carbocycles. The number of nitrogens with one attached hydrogen (secondary N) is 2. The van der Waals surface area contributed by atoms with Gasteiger partial charge in [-0.05, 0) is 41.2 Å². The number of anilines is 2. The summed E-state index contributed by atoms with van der Waals surface area (Å²) in [5, 5.41) is 6.37. The number of amides is 1. The molecule has 24 heavy (non-hydrogen) atoms. The van der Waals surface area contributed by atoms with Crippen molar-refractivity contribution < 1.29 is 4.79 Å². The predicted octanol–water partition coefficient (Wildman–Crippen LogP) is 5.41. The van der Waals surface area contributed by atoms with E-state index in [9.17, 15) is 4.79 Å². The summed E-state index contributed by atoms with van der Waals surface area (Å²) in [6.45, 7) is 9.25. The lowest BCUT2D eigenvalue weighted by Crippen LogP contribution is -2.13. The maximum absolute atomic E-state index is 11.9. The Hall–Kier alpha value is -2.29. The Labute approximate surface area is 145 Å². The topological polar surface area (TPSA) is 41.1 Å². The monoisotopic (exact) mass is 324 g/mol. The van der Waals surface area contributed by atoms with Crippen LogP contribution in [0.25, 0.3) is 0 Å². The van der Waals surface area contributed by atoms with Gasteiger partial charge in [0.2, 0.25) is 5.91 Å². The van der Waals surface area contributed by atoms with Gasteiger partial charge in [0.1, 0.15) is 0 Å². The highest BCUT2D eigenvalue weighted by Crippen LogP contribution is 2.18. The SMILES string of the molecule is CC(C)CC(=O)Nc1cccc(NCc2ccc(C(C)C)cc2)c1. The maximum Gasteiger partial charge on any atom is 0.224 e. The number of carbonyl (C=O) groups excluding carboxylic acids is 1. The van der Waals surface area contributed by atoms with Gasteiger partial charge in [0.15, 0.2) is 0 Å². The van der Waals surface area contributed by atoms with E-state index in [0.717, 1.165) is 17.9 Å². The Morgan fingerprint density at radius 1 is 0.958 bits per heavy atom. The van der Waals surface area contributed by atoms with E-state index >= 15 is 0 Å². The Balaban J connectivity index is 1.93. The number of benzene rings is 2. The van der Waals surface area contributed by atoms with Gasteiger partial charge in [-0.1, -0.05) is 58.0 Å². The fraction of sp³-hybridized carbons (Fsp3) is 0.381. The second-order valence-corrected chi connectivity index (χ2v) is 6.98. The molecule has 3 nitrogen and oxygen atoms in total. The average Bonchev–Trinajstić information content (AvgIpc) is 2.53. The number of hydrogen-bond acceptors (Lipinski definition) is 2. The van der Waals surface area contributed by atoms with Gasteiger partial charge in [-0.3, -0.25) is 4.79 Å². The molecule has 0 heterocycles. The van der Waals surface area contributed by atoms with E-state index in [1.807, 2.05) is 38.1 Å². The number of hydrogen-bond donors (Lipinski definition) is 2. The number of rotatable bonds is 7. The zero-order valence-corrected chi connectivity index (χ0v) is 15.1. The highest BCUT2D eigenvalue weighted by Gasteiger charge is 2.05. The lowest BCUT2D eigenvalue weighted by molar-refractivity contribution is -0.116. The first-order chi connectivity index (χ1) is 11.4. The molecule has 0 saturated carbocycles. The van der Waals surface area contributed by atoms with E-state index in [0.29, 0.717) is 18.3 Å². The Bertz CT molecular complexity index is 660. The molecule has 2 aromatic carbocycles. The summed E-state index contributed by atoms with van der Waals surface area (Å²) in [4.78, 5) is 11.9. The molecule has 3 heteroatoms. The van der Waals surface area contributed by atoms with Crippen LogP contribution in [-0.2, 0) is 11.3 Å². The fourth-order valence-corrected chi connectivity index (χ4v) is 2.51. The van der Waals surface area contributed by atoms with Crippen LogP contribution >= 0.6 is 0 Å². The largest absolute Gasteiger partial charge is 0.381 e. The Morgan fingerprint density at radius 3 is 2.25 bits per heavy atom. The third-order valence-electron chi connectivity index (χ3n) is 3.88. The quantitative estimate of drug-likeness (QED) is 0.715. The van der Waals surface area contributed by atoms with E-state index < -0.39 is 0 Å². The van der Waals surface area contributed by atoms with Crippen molar-refractivity contribution in [2.75, 3.05) is 10.6 Å². The molecule has 1 amide bonds. The third-order valence-corrected chi connectivity index (χ3v) is 3.88. The smallest absolute Gasteiger partial charge is 0.224 e. The van der Waals surface area contributed by atoms with Gasteiger partial charge >= 0.3 is 0 Å². The second-order valence-electron chi connectivity index (χ2n) is 6.98. The minimum Gasteiger partial charge on any atom is -0.381 e. The zero-order valence-electron chi connectivity index (χ0n) is 15.1. The Kier molecular flexibility index (Phi) is 6.42. The lowest BCUT2D eigenvalue weighted by Gasteiger charge is -2.11. The average molecular weight is 324 g/mol. The van der Waals surface area contributed by atoms with E-state index in [4.69, 9.17) is 0 Å². The summed E-state index contributed by atoms with van der Waals surface area (Å²) in [5.74, 6) is 0.977. The van der Waals surface area contributed by atoms with Crippen molar-refractivity contribution in [3.63, 3.8) is 0 Å². The summed E-state index contributed by atoms with van der Waals surface area (Å²) in [5.41, 5.74) is 4.44. The molecule has 0 bridgehead atoms. The van der Waals surface area contributed by atoms with Gasteiger partial charge in [-0.25, -0.2) is 0 Å².